The summed E-state index contributed by atoms with van der Waals surface area (Å²) >= 11 is 0. The van der Waals surface area contributed by atoms with Crippen molar-refractivity contribution in [1.82, 2.24) is 5.32 Å². The normalized spacial score (nSPS) is 11.2. The molecule has 0 unspecified atom stereocenters. The fraction of sp³-hybridized carbons (Fsp3) is 0.556. The molecule has 0 bridgehead atoms. The maximum atomic E-state index is 6.04. The maximum absolute atomic E-state index is 6.04. The standard InChI is InChI=1S/C18H27NO2/c1-4-7-15-16-12-14(20-11-6-3)8-9-17(16)21-18(15)13-19-10-5-2/h8-9,12,19H,4-7,10-11,13H2,1-3H3. The van der Waals surface area contributed by atoms with Gasteiger partial charge in [-0.15, -0.1) is 0 Å². The topological polar surface area (TPSA) is 34.4 Å². The molecule has 0 fully saturated rings. The van der Waals surface area contributed by atoms with Gasteiger partial charge in [-0.05, 0) is 44.0 Å². The van der Waals surface area contributed by atoms with E-state index < -0.39 is 0 Å². The van der Waals surface area contributed by atoms with E-state index in [1.54, 1.807) is 0 Å². The van der Waals surface area contributed by atoms with Crippen LogP contribution in [0.1, 0.15) is 51.4 Å². The van der Waals surface area contributed by atoms with Crippen molar-refractivity contribution in [1.29, 1.82) is 0 Å². The molecule has 3 heteroatoms. The first-order chi connectivity index (χ1) is 10.3. The molecule has 1 heterocycles. The van der Waals surface area contributed by atoms with Gasteiger partial charge in [0.15, 0.2) is 0 Å². The summed E-state index contributed by atoms with van der Waals surface area (Å²) < 4.78 is 11.8. The number of hydrogen-bond acceptors (Lipinski definition) is 3. The highest BCUT2D eigenvalue weighted by Crippen LogP contribution is 2.30. The third-order valence-electron chi connectivity index (χ3n) is 3.53. The molecule has 0 saturated carbocycles. The summed E-state index contributed by atoms with van der Waals surface area (Å²) in [7, 11) is 0. The second-order valence-electron chi connectivity index (χ2n) is 5.44. The second kappa shape index (κ2) is 8.08. The molecule has 2 aromatic rings. The Hall–Kier alpha value is -1.48. The largest absolute Gasteiger partial charge is 0.494 e. The number of rotatable bonds is 9. The van der Waals surface area contributed by atoms with Crippen molar-refractivity contribution < 1.29 is 9.15 Å². The Bertz CT molecular complexity index is 560. The van der Waals surface area contributed by atoms with E-state index in [1.807, 2.05) is 12.1 Å². The Labute approximate surface area is 127 Å². The number of nitrogens with one attached hydrogen (secondary N) is 1. The molecule has 0 saturated heterocycles. The first-order valence-corrected chi connectivity index (χ1v) is 8.17. The summed E-state index contributed by atoms with van der Waals surface area (Å²) in [4.78, 5) is 0. The number of furan rings is 1. The predicted molar refractivity (Wildman–Crippen MR) is 88.0 cm³/mol. The van der Waals surface area contributed by atoms with Gasteiger partial charge < -0.3 is 14.5 Å². The van der Waals surface area contributed by atoms with Gasteiger partial charge in [-0.1, -0.05) is 27.2 Å². The van der Waals surface area contributed by atoms with Crippen molar-refractivity contribution in [3.05, 3.63) is 29.5 Å². The van der Waals surface area contributed by atoms with Crippen LogP contribution in [0.3, 0.4) is 0 Å². The highest BCUT2D eigenvalue weighted by atomic mass is 16.5. The van der Waals surface area contributed by atoms with E-state index in [-0.39, 0.29) is 0 Å². The quantitative estimate of drug-likeness (QED) is 0.681. The van der Waals surface area contributed by atoms with Gasteiger partial charge >= 0.3 is 0 Å². The first kappa shape index (κ1) is 15.9. The van der Waals surface area contributed by atoms with Crippen LogP contribution in [0.5, 0.6) is 5.75 Å². The lowest BCUT2D eigenvalue weighted by molar-refractivity contribution is 0.318. The number of fused-ring (bicyclic) bond motifs is 1. The van der Waals surface area contributed by atoms with Crippen molar-refractivity contribution in [2.45, 2.75) is 53.0 Å². The fourth-order valence-electron chi connectivity index (χ4n) is 2.53. The monoisotopic (exact) mass is 289 g/mol. The van der Waals surface area contributed by atoms with Gasteiger partial charge in [0.05, 0.1) is 13.2 Å². The molecule has 0 amide bonds. The Morgan fingerprint density at radius 3 is 2.67 bits per heavy atom. The van der Waals surface area contributed by atoms with Crippen LogP contribution in [-0.2, 0) is 13.0 Å². The zero-order valence-electron chi connectivity index (χ0n) is 13.5. The molecule has 0 atom stereocenters. The van der Waals surface area contributed by atoms with E-state index in [0.29, 0.717) is 0 Å². The minimum Gasteiger partial charge on any atom is -0.494 e. The van der Waals surface area contributed by atoms with E-state index in [0.717, 1.165) is 62.5 Å². The van der Waals surface area contributed by atoms with Crippen LogP contribution >= 0.6 is 0 Å². The summed E-state index contributed by atoms with van der Waals surface area (Å²) in [5.41, 5.74) is 2.30. The Morgan fingerprint density at radius 1 is 1.10 bits per heavy atom. The minimum absolute atomic E-state index is 0.761. The summed E-state index contributed by atoms with van der Waals surface area (Å²) in [5.74, 6) is 2.02. The first-order valence-electron chi connectivity index (χ1n) is 8.17. The average molecular weight is 289 g/mol. The fourth-order valence-corrected chi connectivity index (χ4v) is 2.53. The third-order valence-corrected chi connectivity index (χ3v) is 3.53. The molecule has 1 N–H and O–H groups in total. The highest BCUT2D eigenvalue weighted by molar-refractivity contribution is 5.83. The maximum Gasteiger partial charge on any atom is 0.134 e. The lowest BCUT2D eigenvalue weighted by Gasteiger charge is -2.05. The van der Waals surface area contributed by atoms with Crippen molar-refractivity contribution in [3.8, 4) is 5.75 Å². The molecule has 1 aromatic heterocycles. The third kappa shape index (κ3) is 4.01. The van der Waals surface area contributed by atoms with Crippen LogP contribution in [0.15, 0.2) is 22.6 Å². The van der Waals surface area contributed by atoms with Gasteiger partial charge in [0.2, 0.25) is 0 Å². The van der Waals surface area contributed by atoms with Crippen LogP contribution in [0.25, 0.3) is 11.0 Å². The summed E-state index contributed by atoms with van der Waals surface area (Å²) in [5, 5.41) is 4.64. The van der Waals surface area contributed by atoms with Crippen LogP contribution in [0.4, 0.5) is 0 Å². The van der Waals surface area contributed by atoms with E-state index in [1.165, 1.54) is 10.9 Å². The Balaban J connectivity index is 2.28. The lowest BCUT2D eigenvalue weighted by atomic mass is 10.1. The SMILES string of the molecule is CCCNCc1oc2ccc(OCCC)cc2c1CCC. The van der Waals surface area contributed by atoms with Crippen LogP contribution in [0.2, 0.25) is 0 Å². The molecule has 0 spiro atoms. The molecule has 0 aliphatic rings. The molecule has 0 aliphatic heterocycles. The van der Waals surface area contributed by atoms with Crippen molar-refractivity contribution in [2.24, 2.45) is 0 Å². The van der Waals surface area contributed by atoms with Crippen molar-refractivity contribution >= 4 is 11.0 Å². The molecule has 0 aliphatic carbocycles. The van der Waals surface area contributed by atoms with Crippen LogP contribution in [0, 0.1) is 0 Å². The number of aryl methyl sites for hydroxylation is 1. The average Bonchev–Trinajstić information content (AvgIpc) is 2.83. The summed E-state index contributed by atoms with van der Waals surface area (Å²) in [6.45, 7) is 9.10. The summed E-state index contributed by atoms with van der Waals surface area (Å²) in [6.07, 6.45) is 4.33. The number of benzene rings is 1. The number of hydrogen-bond donors (Lipinski definition) is 1. The molecule has 2 rings (SSSR count). The van der Waals surface area contributed by atoms with E-state index in [9.17, 15) is 0 Å². The Kier molecular flexibility index (Phi) is 6.12. The molecular weight excluding hydrogens is 262 g/mol. The summed E-state index contributed by atoms with van der Waals surface area (Å²) in [6, 6.07) is 6.16. The van der Waals surface area contributed by atoms with Gasteiger partial charge in [0, 0.05) is 10.9 Å². The molecule has 1 aromatic carbocycles. The molecular formula is C18H27NO2. The second-order valence-corrected chi connectivity index (χ2v) is 5.44. The van der Waals surface area contributed by atoms with Gasteiger partial charge in [0.1, 0.15) is 17.1 Å². The van der Waals surface area contributed by atoms with Crippen LogP contribution in [-0.4, -0.2) is 13.2 Å². The van der Waals surface area contributed by atoms with Gasteiger partial charge in [-0.2, -0.15) is 0 Å². The van der Waals surface area contributed by atoms with E-state index in [4.69, 9.17) is 9.15 Å². The van der Waals surface area contributed by atoms with Gasteiger partial charge in [-0.3, -0.25) is 0 Å². The molecule has 0 radical (unpaired) electrons. The van der Waals surface area contributed by atoms with Crippen molar-refractivity contribution in [2.75, 3.05) is 13.2 Å². The van der Waals surface area contributed by atoms with Crippen LogP contribution < -0.4 is 10.1 Å². The molecule has 116 valence electrons. The van der Waals surface area contributed by atoms with E-state index in [2.05, 4.69) is 32.2 Å². The zero-order chi connectivity index (χ0) is 15.1. The highest BCUT2D eigenvalue weighted by Gasteiger charge is 2.14. The minimum atomic E-state index is 0.761. The van der Waals surface area contributed by atoms with Crippen molar-refractivity contribution in [3.63, 3.8) is 0 Å². The molecule has 21 heavy (non-hydrogen) atoms. The zero-order valence-corrected chi connectivity index (χ0v) is 13.5. The number of ether oxygens (including phenoxy) is 1. The van der Waals surface area contributed by atoms with E-state index >= 15 is 0 Å². The predicted octanol–water partition coefficient (Wildman–Crippen LogP) is 4.67. The van der Waals surface area contributed by atoms with Gasteiger partial charge in [0.25, 0.3) is 0 Å². The Morgan fingerprint density at radius 2 is 1.95 bits per heavy atom. The smallest absolute Gasteiger partial charge is 0.134 e. The molecule has 3 nitrogen and oxygen atoms in total. The van der Waals surface area contributed by atoms with Gasteiger partial charge in [-0.25, -0.2) is 0 Å². The lowest BCUT2D eigenvalue weighted by Crippen LogP contribution is -2.14.